The number of nitrogens with two attached hydrogens (primary N) is 1. The van der Waals surface area contributed by atoms with Gasteiger partial charge in [-0.25, -0.2) is 13.2 Å². The highest BCUT2D eigenvalue weighted by atomic mass is 19.2. The Hall–Kier alpha value is -2.15. The third-order valence-corrected chi connectivity index (χ3v) is 5.03. The number of halogens is 3. The van der Waals surface area contributed by atoms with Gasteiger partial charge in [0.1, 0.15) is 5.82 Å². The number of nitrogens with zero attached hydrogens (tertiary/aromatic N) is 3. The quantitative estimate of drug-likeness (QED) is 0.858. The number of fused-ring (bicyclic) bond motifs is 1. The molecule has 2 aliphatic rings. The van der Waals surface area contributed by atoms with Crippen LogP contribution in [0.2, 0.25) is 0 Å². The maximum Gasteiger partial charge on any atom is 0.168 e. The predicted molar refractivity (Wildman–Crippen MR) is 83.7 cm³/mol. The van der Waals surface area contributed by atoms with Crippen LogP contribution in [0.5, 0.6) is 0 Å². The lowest BCUT2D eigenvalue weighted by molar-refractivity contribution is 0.494. The van der Waals surface area contributed by atoms with Crippen molar-refractivity contribution in [2.45, 2.75) is 18.9 Å². The zero-order valence-corrected chi connectivity index (χ0v) is 12.9. The Morgan fingerprint density at radius 1 is 1.00 bits per heavy atom. The van der Waals surface area contributed by atoms with Crippen LogP contribution in [0, 0.1) is 29.3 Å². The van der Waals surface area contributed by atoms with Crippen molar-refractivity contribution in [3.05, 3.63) is 41.7 Å². The SMILES string of the molecule is NC1CC2CN(c3ccc(-c4cc(F)cc(F)c4F)nn3)CC2C1. The third-order valence-electron chi connectivity index (χ3n) is 5.03. The summed E-state index contributed by atoms with van der Waals surface area (Å²) < 4.78 is 40.5. The van der Waals surface area contributed by atoms with E-state index in [9.17, 15) is 13.2 Å². The molecule has 1 aliphatic carbocycles. The molecule has 4 rings (SSSR count). The van der Waals surface area contributed by atoms with Gasteiger partial charge in [0.15, 0.2) is 17.5 Å². The van der Waals surface area contributed by atoms with Crippen LogP contribution in [0.15, 0.2) is 24.3 Å². The predicted octanol–water partition coefficient (Wildman–Crippen LogP) is 2.73. The first-order valence-electron chi connectivity index (χ1n) is 8.00. The molecule has 1 aromatic carbocycles. The Labute approximate surface area is 137 Å². The highest BCUT2D eigenvalue weighted by molar-refractivity contribution is 5.61. The average molecular weight is 334 g/mol. The van der Waals surface area contributed by atoms with Crippen LogP contribution in [0.25, 0.3) is 11.3 Å². The third kappa shape index (κ3) is 2.62. The number of hydrogen-bond acceptors (Lipinski definition) is 4. The number of benzene rings is 1. The summed E-state index contributed by atoms with van der Waals surface area (Å²) in [4.78, 5) is 2.14. The molecule has 4 nitrogen and oxygen atoms in total. The van der Waals surface area contributed by atoms with E-state index in [4.69, 9.17) is 5.73 Å². The molecule has 2 aromatic rings. The molecule has 1 aromatic heterocycles. The van der Waals surface area contributed by atoms with E-state index in [0.29, 0.717) is 29.8 Å². The maximum atomic E-state index is 13.8. The summed E-state index contributed by atoms with van der Waals surface area (Å²) in [6.45, 7) is 1.77. The molecule has 0 spiro atoms. The van der Waals surface area contributed by atoms with Crippen LogP contribution < -0.4 is 10.6 Å². The van der Waals surface area contributed by atoms with E-state index in [0.717, 1.165) is 32.0 Å². The summed E-state index contributed by atoms with van der Waals surface area (Å²) in [5, 5.41) is 8.07. The Balaban J connectivity index is 1.56. The number of hydrogen-bond donors (Lipinski definition) is 1. The van der Waals surface area contributed by atoms with Gasteiger partial charge in [-0.1, -0.05) is 0 Å². The molecule has 7 heteroatoms. The van der Waals surface area contributed by atoms with E-state index in [1.54, 1.807) is 12.1 Å². The summed E-state index contributed by atoms with van der Waals surface area (Å²) in [7, 11) is 0. The number of aromatic nitrogens is 2. The number of anilines is 1. The molecule has 0 amide bonds. The fourth-order valence-corrected chi connectivity index (χ4v) is 3.91. The van der Waals surface area contributed by atoms with Gasteiger partial charge in [0, 0.05) is 30.8 Å². The average Bonchev–Trinajstić information content (AvgIpc) is 3.08. The van der Waals surface area contributed by atoms with E-state index in [1.807, 2.05) is 0 Å². The van der Waals surface area contributed by atoms with Gasteiger partial charge >= 0.3 is 0 Å². The van der Waals surface area contributed by atoms with Gasteiger partial charge in [0.2, 0.25) is 0 Å². The molecular formula is C17H17F3N4. The van der Waals surface area contributed by atoms with Gasteiger partial charge in [-0.3, -0.25) is 0 Å². The monoisotopic (exact) mass is 334 g/mol. The lowest BCUT2D eigenvalue weighted by Gasteiger charge is -2.18. The molecule has 1 aliphatic heterocycles. The second-order valence-corrected chi connectivity index (χ2v) is 6.68. The summed E-state index contributed by atoms with van der Waals surface area (Å²) in [6, 6.07) is 4.98. The highest BCUT2D eigenvalue weighted by Crippen LogP contribution is 2.38. The molecular weight excluding hydrogens is 317 g/mol. The van der Waals surface area contributed by atoms with Crippen LogP contribution in [0.3, 0.4) is 0 Å². The van der Waals surface area contributed by atoms with Crippen LogP contribution >= 0.6 is 0 Å². The van der Waals surface area contributed by atoms with Crippen molar-refractivity contribution in [1.29, 1.82) is 0 Å². The fourth-order valence-electron chi connectivity index (χ4n) is 3.91. The minimum atomic E-state index is -1.24. The topological polar surface area (TPSA) is 55.0 Å². The number of rotatable bonds is 2. The second-order valence-electron chi connectivity index (χ2n) is 6.68. The lowest BCUT2D eigenvalue weighted by atomic mass is 10.0. The first-order chi connectivity index (χ1) is 11.5. The molecule has 2 fully saturated rings. The fraction of sp³-hybridized carbons (Fsp3) is 0.412. The Morgan fingerprint density at radius 3 is 2.33 bits per heavy atom. The smallest absolute Gasteiger partial charge is 0.168 e. The highest BCUT2D eigenvalue weighted by Gasteiger charge is 2.40. The molecule has 126 valence electrons. The van der Waals surface area contributed by atoms with Crippen molar-refractivity contribution < 1.29 is 13.2 Å². The maximum absolute atomic E-state index is 13.8. The molecule has 0 bridgehead atoms. The van der Waals surface area contributed by atoms with E-state index in [1.165, 1.54) is 0 Å². The summed E-state index contributed by atoms with van der Waals surface area (Å²) >= 11 is 0. The lowest BCUT2D eigenvalue weighted by Crippen LogP contribution is -2.26. The zero-order chi connectivity index (χ0) is 16.8. The van der Waals surface area contributed by atoms with Crippen molar-refractivity contribution in [3.8, 4) is 11.3 Å². The van der Waals surface area contributed by atoms with Gasteiger partial charge in [0.25, 0.3) is 0 Å². The largest absolute Gasteiger partial charge is 0.355 e. The van der Waals surface area contributed by atoms with Gasteiger partial charge in [-0.15, -0.1) is 10.2 Å². The summed E-state index contributed by atoms with van der Waals surface area (Å²) in [5.74, 6) is -1.35. The van der Waals surface area contributed by atoms with Crippen LogP contribution in [0.1, 0.15) is 12.8 Å². The van der Waals surface area contributed by atoms with Crippen molar-refractivity contribution in [2.75, 3.05) is 18.0 Å². The second kappa shape index (κ2) is 5.73. The molecule has 24 heavy (non-hydrogen) atoms. The molecule has 2 heterocycles. The van der Waals surface area contributed by atoms with Crippen molar-refractivity contribution >= 4 is 5.82 Å². The summed E-state index contributed by atoms with van der Waals surface area (Å²) in [6.07, 6.45) is 2.06. The minimum Gasteiger partial charge on any atom is -0.355 e. The molecule has 1 saturated carbocycles. The molecule has 0 radical (unpaired) electrons. The minimum absolute atomic E-state index is 0.107. The van der Waals surface area contributed by atoms with Gasteiger partial charge < -0.3 is 10.6 Å². The van der Waals surface area contributed by atoms with E-state index >= 15 is 0 Å². The van der Waals surface area contributed by atoms with Crippen LogP contribution in [0.4, 0.5) is 19.0 Å². The van der Waals surface area contributed by atoms with E-state index < -0.39 is 17.5 Å². The first kappa shape index (κ1) is 15.4. The Bertz CT molecular complexity index is 751. The van der Waals surface area contributed by atoms with E-state index in [2.05, 4.69) is 15.1 Å². The van der Waals surface area contributed by atoms with Crippen LogP contribution in [-0.4, -0.2) is 29.3 Å². The zero-order valence-electron chi connectivity index (χ0n) is 12.9. The molecule has 2 atom stereocenters. The van der Waals surface area contributed by atoms with Crippen molar-refractivity contribution in [2.24, 2.45) is 17.6 Å². The van der Waals surface area contributed by atoms with Gasteiger partial charge in [-0.05, 0) is 42.9 Å². The van der Waals surface area contributed by atoms with Gasteiger partial charge in [-0.2, -0.15) is 0 Å². The van der Waals surface area contributed by atoms with Crippen LogP contribution in [-0.2, 0) is 0 Å². The van der Waals surface area contributed by atoms with Crippen molar-refractivity contribution in [1.82, 2.24) is 10.2 Å². The summed E-state index contributed by atoms with van der Waals surface area (Å²) in [5.41, 5.74) is 5.87. The normalized spacial score (nSPS) is 26.0. The van der Waals surface area contributed by atoms with Gasteiger partial charge in [0.05, 0.1) is 5.69 Å². The molecule has 1 saturated heterocycles. The van der Waals surface area contributed by atoms with E-state index in [-0.39, 0.29) is 11.3 Å². The first-order valence-corrected chi connectivity index (χ1v) is 8.00. The molecule has 2 N–H and O–H groups in total. The Morgan fingerprint density at radius 2 is 1.71 bits per heavy atom. The standard InChI is InChI=1S/C17H17F3N4/c18-11-5-13(17(20)14(19)6-11)15-1-2-16(23-22-15)24-7-9-3-12(21)4-10(9)8-24/h1-2,5-6,9-10,12H,3-4,7-8,21H2. The van der Waals surface area contributed by atoms with Crippen molar-refractivity contribution in [3.63, 3.8) is 0 Å². The Kier molecular flexibility index (Phi) is 3.68. The molecule has 2 unspecified atom stereocenters.